The normalized spacial score (nSPS) is 14.6. The van der Waals surface area contributed by atoms with Gasteiger partial charge in [0.2, 0.25) is 11.8 Å². The Morgan fingerprint density at radius 3 is 2.52 bits per heavy atom. The molecule has 1 aliphatic heterocycles. The van der Waals surface area contributed by atoms with Crippen LogP contribution < -0.4 is 15.5 Å². The summed E-state index contributed by atoms with van der Waals surface area (Å²) in [6.07, 6.45) is 2.16. The molecule has 1 aliphatic rings. The van der Waals surface area contributed by atoms with E-state index in [2.05, 4.69) is 10.6 Å². The molecule has 1 heterocycles. The third-order valence-electron chi connectivity index (χ3n) is 4.14. The van der Waals surface area contributed by atoms with Gasteiger partial charge in [-0.05, 0) is 44.0 Å². The zero-order chi connectivity index (χ0) is 19.8. The number of nitrogens with one attached hydrogen (secondary N) is 2. The summed E-state index contributed by atoms with van der Waals surface area (Å²) in [7, 11) is 0. The van der Waals surface area contributed by atoms with E-state index in [0.29, 0.717) is 19.5 Å². The number of esters is 1. The van der Waals surface area contributed by atoms with Crippen LogP contribution in [0.3, 0.4) is 0 Å². The monoisotopic (exact) mass is 375 g/mol. The van der Waals surface area contributed by atoms with E-state index in [-0.39, 0.29) is 17.4 Å². The molecule has 8 heteroatoms. The lowest BCUT2D eigenvalue weighted by atomic mass is 10.2. The molecule has 0 radical (unpaired) electrons. The Labute approximate surface area is 158 Å². The molecule has 27 heavy (non-hydrogen) atoms. The van der Waals surface area contributed by atoms with Gasteiger partial charge in [-0.3, -0.25) is 14.4 Å². The van der Waals surface area contributed by atoms with Crippen molar-refractivity contribution in [3.63, 3.8) is 0 Å². The van der Waals surface area contributed by atoms with Crippen LogP contribution in [0.25, 0.3) is 0 Å². The Hall–Kier alpha value is -2.90. The van der Waals surface area contributed by atoms with Gasteiger partial charge in [0, 0.05) is 25.2 Å². The first-order valence-corrected chi connectivity index (χ1v) is 9.07. The number of rotatable bonds is 8. The summed E-state index contributed by atoms with van der Waals surface area (Å²) in [6.45, 7) is 4.22. The highest BCUT2D eigenvalue weighted by Crippen LogP contribution is 2.21. The summed E-state index contributed by atoms with van der Waals surface area (Å²) >= 11 is 0. The quantitative estimate of drug-likeness (QED) is 0.660. The van der Waals surface area contributed by atoms with Crippen molar-refractivity contribution >= 4 is 29.4 Å². The molecule has 8 nitrogen and oxygen atoms in total. The fourth-order valence-corrected chi connectivity index (χ4v) is 2.66. The van der Waals surface area contributed by atoms with E-state index < -0.39 is 24.5 Å². The van der Waals surface area contributed by atoms with E-state index in [0.717, 1.165) is 18.5 Å². The molecule has 0 spiro atoms. The Bertz CT molecular complexity index is 702. The molecule has 1 aromatic carbocycles. The van der Waals surface area contributed by atoms with Gasteiger partial charge in [0.15, 0.2) is 6.61 Å². The van der Waals surface area contributed by atoms with E-state index in [4.69, 9.17) is 4.74 Å². The summed E-state index contributed by atoms with van der Waals surface area (Å²) < 4.78 is 4.97. The van der Waals surface area contributed by atoms with Gasteiger partial charge < -0.3 is 20.3 Å². The summed E-state index contributed by atoms with van der Waals surface area (Å²) in [5.74, 6) is -1.42. The number of hydrogen-bond acceptors (Lipinski definition) is 5. The van der Waals surface area contributed by atoms with Crippen molar-refractivity contribution in [3.05, 3.63) is 29.8 Å². The zero-order valence-corrected chi connectivity index (χ0v) is 15.6. The van der Waals surface area contributed by atoms with Crippen molar-refractivity contribution < 1.29 is 23.9 Å². The SMILES string of the molecule is CCCNC(=O)[C@@H](C)NC(=O)COC(=O)c1ccc(N2CCCC2=O)cc1. The van der Waals surface area contributed by atoms with E-state index in [9.17, 15) is 19.2 Å². The number of hydrogen-bond donors (Lipinski definition) is 2. The van der Waals surface area contributed by atoms with Crippen LogP contribution in [0.2, 0.25) is 0 Å². The average Bonchev–Trinajstić information content (AvgIpc) is 3.10. The van der Waals surface area contributed by atoms with Crippen molar-refractivity contribution in [2.75, 3.05) is 24.6 Å². The molecular formula is C19H25N3O5. The number of anilines is 1. The van der Waals surface area contributed by atoms with Gasteiger partial charge in [-0.2, -0.15) is 0 Å². The molecule has 0 unspecified atom stereocenters. The third-order valence-corrected chi connectivity index (χ3v) is 4.14. The maximum Gasteiger partial charge on any atom is 0.338 e. The maximum atomic E-state index is 12.0. The first-order valence-electron chi connectivity index (χ1n) is 9.07. The molecule has 0 aliphatic carbocycles. The van der Waals surface area contributed by atoms with Gasteiger partial charge in [-0.25, -0.2) is 4.79 Å². The molecular weight excluding hydrogens is 350 g/mol. The number of nitrogens with zero attached hydrogens (tertiary/aromatic N) is 1. The van der Waals surface area contributed by atoms with Crippen molar-refractivity contribution in [1.29, 1.82) is 0 Å². The Morgan fingerprint density at radius 2 is 1.93 bits per heavy atom. The molecule has 0 aromatic heterocycles. The molecule has 2 N–H and O–H groups in total. The van der Waals surface area contributed by atoms with E-state index in [1.165, 1.54) is 0 Å². The van der Waals surface area contributed by atoms with Crippen LogP contribution >= 0.6 is 0 Å². The van der Waals surface area contributed by atoms with Gasteiger partial charge in [0.1, 0.15) is 6.04 Å². The molecule has 146 valence electrons. The van der Waals surface area contributed by atoms with Gasteiger partial charge in [-0.15, -0.1) is 0 Å². The fraction of sp³-hybridized carbons (Fsp3) is 0.474. The standard InChI is InChI=1S/C19H25N3O5/c1-3-10-20-18(25)13(2)21-16(23)12-27-19(26)14-6-8-15(9-7-14)22-11-4-5-17(22)24/h6-9,13H,3-5,10-12H2,1-2H3,(H,20,25)(H,21,23)/t13-/m1/s1. The minimum Gasteiger partial charge on any atom is -0.452 e. The van der Waals surface area contributed by atoms with Crippen molar-refractivity contribution in [2.45, 2.75) is 39.2 Å². The van der Waals surface area contributed by atoms with Crippen LogP contribution in [-0.4, -0.2) is 49.4 Å². The summed E-state index contributed by atoms with van der Waals surface area (Å²) in [5.41, 5.74) is 1.02. The first kappa shape index (κ1) is 20.4. The molecule has 1 atom stereocenters. The van der Waals surface area contributed by atoms with Crippen molar-refractivity contribution in [3.8, 4) is 0 Å². The summed E-state index contributed by atoms with van der Waals surface area (Å²) in [6, 6.07) is 5.77. The van der Waals surface area contributed by atoms with Gasteiger partial charge in [0.05, 0.1) is 5.56 Å². The summed E-state index contributed by atoms with van der Waals surface area (Å²) in [4.78, 5) is 49.0. The number of carbonyl (C=O) groups excluding carboxylic acids is 4. The number of amides is 3. The van der Waals surface area contributed by atoms with Crippen LogP contribution in [0, 0.1) is 0 Å². The van der Waals surface area contributed by atoms with Gasteiger partial charge >= 0.3 is 5.97 Å². The highest BCUT2D eigenvalue weighted by Gasteiger charge is 2.22. The topological polar surface area (TPSA) is 105 Å². The molecule has 0 saturated carbocycles. The number of ether oxygens (including phenoxy) is 1. The van der Waals surface area contributed by atoms with Gasteiger partial charge in [0.25, 0.3) is 5.91 Å². The smallest absolute Gasteiger partial charge is 0.338 e. The van der Waals surface area contributed by atoms with Crippen molar-refractivity contribution in [2.24, 2.45) is 0 Å². The van der Waals surface area contributed by atoms with E-state index >= 15 is 0 Å². The number of carbonyl (C=O) groups is 4. The van der Waals surface area contributed by atoms with Crippen LogP contribution in [0.5, 0.6) is 0 Å². The van der Waals surface area contributed by atoms with E-state index in [1.807, 2.05) is 6.92 Å². The fourth-order valence-electron chi connectivity index (χ4n) is 2.66. The second-order valence-corrected chi connectivity index (χ2v) is 6.35. The molecule has 1 aromatic rings. The number of benzene rings is 1. The second-order valence-electron chi connectivity index (χ2n) is 6.35. The third kappa shape index (κ3) is 5.80. The predicted octanol–water partition coefficient (Wildman–Crippen LogP) is 1.00. The largest absolute Gasteiger partial charge is 0.452 e. The molecule has 1 saturated heterocycles. The van der Waals surface area contributed by atoms with Crippen LogP contribution in [0.4, 0.5) is 5.69 Å². The molecule has 0 bridgehead atoms. The van der Waals surface area contributed by atoms with Crippen molar-refractivity contribution in [1.82, 2.24) is 10.6 Å². The summed E-state index contributed by atoms with van der Waals surface area (Å²) in [5, 5.41) is 5.14. The Morgan fingerprint density at radius 1 is 1.22 bits per heavy atom. The highest BCUT2D eigenvalue weighted by molar-refractivity contribution is 5.96. The van der Waals surface area contributed by atoms with Gasteiger partial charge in [-0.1, -0.05) is 6.92 Å². The minimum absolute atomic E-state index is 0.0686. The molecule has 3 amide bonds. The predicted molar refractivity (Wildman–Crippen MR) is 99.2 cm³/mol. The average molecular weight is 375 g/mol. The molecule has 1 fully saturated rings. The lowest BCUT2D eigenvalue weighted by molar-refractivity contribution is -0.130. The lowest BCUT2D eigenvalue weighted by Gasteiger charge is -2.16. The maximum absolute atomic E-state index is 12.0. The second kappa shape index (κ2) is 9.70. The highest BCUT2D eigenvalue weighted by atomic mass is 16.5. The zero-order valence-electron chi connectivity index (χ0n) is 15.6. The lowest BCUT2D eigenvalue weighted by Crippen LogP contribution is -2.46. The van der Waals surface area contributed by atoms with E-state index in [1.54, 1.807) is 36.1 Å². The van der Waals surface area contributed by atoms with Crippen LogP contribution in [-0.2, 0) is 19.1 Å². The van der Waals surface area contributed by atoms with Crippen LogP contribution in [0.1, 0.15) is 43.5 Å². The Kier molecular flexibility index (Phi) is 7.34. The molecule has 2 rings (SSSR count). The van der Waals surface area contributed by atoms with Crippen LogP contribution in [0.15, 0.2) is 24.3 Å². The Balaban J connectivity index is 1.80. The minimum atomic E-state index is -0.708. The first-order chi connectivity index (χ1) is 12.9.